The number of pyridine rings is 1. The van der Waals surface area contributed by atoms with Crippen molar-refractivity contribution in [3.05, 3.63) is 23.9 Å². The van der Waals surface area contributed by atoms with Crippen molar-refractivity contribution in [2.45, 2.75) is 44.8 Å². The van der Waals surface area contributed by atoms with Crippen molar-refractivity contribution in [2.24, 2.45) is 5.41 Å². The smallest absolute Gasteiger partial charge is 0.127 e. The molecule has 0 bridgehead atoms. The molecule has 2 aliphatic rings. The zero-order valence-corrected chi connectivity index (χ0v) is 12.3. The first kappa shape index (κ1) is 13.8. The molecular weight excluding hydrogens is 250 g/mol. The fourth-order valence-electron chi connectivity index (χ4n) is 4.16. The van der Waals surface area contributed by atoms with Crippen LogP contribution in [-0.4, -0.2) is 36.2 Å². The number of likely N-dealkylation sites (tertiary alicyclic amines) is 1. The summed E-state index contributed by atoms with van der Waals surface area (Å²) in [6.07, 6.45) is 8.61. The molecule has 2 heterocycles. The third-order valence-corrected chi connectivity index (χ3v) is 5.12. The van der Waals surface area contributed by atoms with E-state index in [1.807, 2.05) is 13.2 Å². The van der Waals surface area contributed by atoms with E-state index in [4.69, 9.17) is 10.5 Å². The SMILES string of the molecule is CO[C@@H]1CCC[C@@]12CCCN(Cc1cccnc1N)C2. The molecule has 0 radical (unpaired) electrons. The lowest BCUT2D eigenvalue weighted by atomic mass is 9.76. The standard InChI is InChI=1S/C16H25N3O/c1-20-14-6-2-7-16(14)8-4-10-19(12-16)11-13-5-3-9-18-15(13)17/h3,5,9,14H,2,4,6-8,10-12H2,1H3,(H2,17,18)/t14-,16+/m1/s1. The van der Waals surface area contributed by atoms with Crippen LogP contribution >= 0.6 is 0 Å². The predicted molar refractivity (Wildman–Crippen MR) is 80.2 cm³/mol. The number of hydrogen-bond acceptors (Lipinski definition) is 4. The second-order valence-corrected chi connectivity index (χ2v) is 6.34. The van der Waals surface area contributed by atoms with Gasteiger partial charge in [0.15, 0.2) is 0 Å². The summed E-state index contributed by atoms with van der Waals surface area (Å²) < 4.78 is 5.76. The van der Waals surface area contributed by atoms with Gasteiger partial charge in [-0.05, 0) is 38.3 Å². The van der Waals surface area contributed by atoms with Crippen LogP contribution in [0.2, 0.25) is 0 Å². The van der Waals surface area contributed by atoms with Crippen LogP contribution in [0.1, 0.15) is 37.7 Å². The topological polar surface area (TPSA) is 51.4 Å². The molecule has 1 aliphatic carbocycles. The van der Waals surface area contributed by atoms with Gasteiger partial charge in [0, 0.05) is 37.4 Å². The highest BCUT2D eigenvalue weighted by molar-refractivity contribution is 5.38. The molecule has 110 valence electrons. The Morgan fingerprint density at radius 1 is 1.45 bits per heavy atom. The van der Waals surface area contributed by atoms with Gasteiger partial charge in [0.25, 0.3) is 0 Å². The molecule has 0 unspecified atom stereocenters. The molecule has 20 heavy (non-hydrogen) atoms. The molecule has 4 heteroatoms. The Labute approximate surface area is 121 Å². The summed E-state index contributed by atoms with van der Waals surface area (Å²) in [4.78, 5) is 6.73. The first-order valence-corrected chi connectivity index (χ1v) is 7.68. The van der Waals surface area contributed by atoms with Gasteiger partial charge in [-0.15, -0.1) is 0 Å². The number of nitrogen functional groups attached to an aromatic ring is 1. The normalized spacial score (nSPS) is 30.9. The number of anilines is 1. The van der Waals surface area contributed by atoms with Gasteiger partial charge in [0.1, 0.15) is 5.82 Å². The number of rotatable bonds is 3. The van der Waals surface area contributed by atoms with Crippen LogP contribution in [0.4, 0.5) is 5.82 Å². The van der Waals surface area contributed by atoms with E-state index in [9.17, 15) is 0 Å². The van der Waals surface area contributed by atoms with Crippen LogP contribution < -0.4 is 5.73 Å². The van der Waals surface area contributed by atoms with Crippen LogP contribution in [-0.2, 0) is 11.3 Å². The third-order valence-electron chi connectivity index (χ3n) is 5.12. The number of hydrogen-bond donors (Lipinski definition) is 1. The maximum absolute atomic E-state index is 5.97. The first-order valence-electron chi connectivity index (χ1n) is 7.68. The number of nitrogens with two attached hydrogens (primary N) is 1. The Hall–Kier alpha value is -1.13. The molecular formula is C16H25N3O. The molecule has 0 aromatic carbocycles. The van der Waals surface area contributed by atoms with Crippen molar-refractivity contribution in [3.63, 3.8) is 0 Å². The van der Waals surface area contributed by atoms with E-state index in [0.29, 0.717) is 17.3 Å². The van der Waals surface area contributed by atoms with E-state index in [-0.39, 0.29) is 0 Å². The Morgan fingerprint density at radius 3 is 3.10 bits per heavy atom. The van der Waals surface area contributed by atoms with Gasteiger partial charge in [0.2, 0.25) is 0 Å². The molecule has 4 nitrogen and oxygen atoms in total. The number of nitrogens with zero attached hydrogens (tertiary/aromatic N) is 2. The van der Waals surface area contributed by atoms with Crippen LogP contribution in [0.15, 0.2) is 18.3 Å². The summed E-state index contributed by atoms with van der Waals surface area (Å²) in [5.41, 5.74) is 7.50. The van der Waals surface area contributed by atoms with E-state index < -0.39 is 0 Å². The van der Waals surface area contributed by atoms with Gasteiger partial charge in [-0.25, -0.2) is 4.98 Å². The predicted octanol–water partition coefficient (Wildman–Crippen LogP) is 2.44. The second kappa shape index (κ2) is 5.70. The van der Waals surface area contributed by atoms with Gasteiger partial charge < -0.3 is 10.5 Å². The van der Waals surface area contributed by atoms with Gasteiger partial charge in [-0.2, -0.15) is 0 Å². The molecule has 3 rings (SSSR count). The highest BCUT2D eigenvalue weighted by Gasteiger charge is 2.45. The number of ether oxygens (including phenoxy) is 1. The van der Waals surface area contributed by atoms with Crippen molar-refractivity contribution >= 4 is 5.82 Å². The van der Waals surface area contributed by atoms with Crippen LogP contribution in [0.25, 0.3) is 0 Å². The van der Waals surface area contributed by atoms with Crippen molar-refractivity contribution in [1.29, 1.82) is 0 Å². The van der Waals surface area contributed by atoms with Gasteiger partial charge >= 0.3 is 0 Å². The largest absolute Gasteiger partial charge is 0.383 e. The number of piperidine rings is 1. The Balaban J connectivity index is 1.71. The Bertz CT molecular complexity index is 465. The lowest BCUT2D eigenvalue weighted by molar-refractivity contribution is -0.0366. The van der Waals surface area contributed by atoms with Gasteiger partial charge in [0.05, 0.1) is 6.10 Å². The summed E-state index contributed by atoms with van der Waals surface area (Å²) >= 11 is 0. The average molecular weight is 275 g/mol. The Kier molecular flexibility index (Phi) is 3.94. The third kappa shape index (κ3) is 2.54. The van der Waals surface area contributed by atoms with E-state index >= 15 is 0 Å². The summed E-state index contributed by atoms with van der Waals surface area (Å²) in [5.74, 6) is 0.668. The van der Waals surface area contributed by atoms with Crippen LogP contribution in [0, 0.1) is 5.41 Å². The van der Waals surface area contributed by atoms with Gasteiger partial charge in [-0.3, -0.25) is 4.90 Å². The van der Waals surface area contributed by atoms with E-state index in [1.54, 1.807) is 6.20 Å². The van der Waals surface area contributed by atoms with E-state index in [2.05, 4.69) is 16.0 Å². The minimum atomic E-state index is 0.379. The van der Waals surface area contributed by atoms with Crippen LogP contribution in [0.5, 0.6) is 0 Å². The minimum absolute atomic E-state index is 0.379. The minimum Gasteiger partial charge on any atom is -0.383 e. The summed E-state index contributed by atoms with van der Waals surface area (Å²) in [6, 6.07) is 4.06. The lowest BCUT2D eigenvalue weighted by Crippen LogP contribution is -2.47. The van der Waals surface area contributed by atoms with E-state index in [0.717, 1.165) is 25.2 Å². The maximum Gasteiger partial charge on any atom is 0.127 e. The second-order valence-electron chi connectivity index (χ2n) is 6.34. The fourth-order valence-corrected chi connectivity index (χ4v) is 4.16. The van der Waals surface area contributed by atoms with E-state index in [1.165, 1.54) is 32.1 Å². The summed E-state index contributed by atoms with van der Waals surface area (Å²) in [6.45, 7) is 3.21. The van der Waals surface area contributed by atoms with Gasteiger partial charge in [-0.1, -0.05) is 12.5 Å². The molecule has 1 saturated carbocycles. The zero-order chi connectivity index (χ0) is 14.0. The van der Waals surface area contributed by atoms with Crippen molar-refractivity contribution in [1.82, 2.24) is 9.88 Å². The molecule has 2 atom stereocenters. The highest BCUT2D eigenvalue weighted by Crippen LogP contribution is 2.46. The number of aromatic nitrogens is 1. The Morgan fingerprint density at radius 2 is 2.30 bits per heavy atom. The molecule has 1 saturated heterocycles. The summed E-state index contributed by atoms with van der Waals surface area (Å²) in [5, 5.41) is 0. The lowest BCUT2D eigenvalue weighted by Gasteiger charge is -2.43. The quantitative estimate of drug-likeness (QED) is 0.920. The summed E-state index contributed by atoms with van der Waals surface area (Å²) in [7, 11) is 1.87. The molecule has 1 aliphatic heterocycles. The average Bonchev–Trinajstić information content (AvgIpc) is 2.83. The monoisotopic (exact) mass is 275 g/mol. The zero-order valence-electron chi connectivity index (χ0n) is 12.3. The first-order chi connectivity index (χ1) is 9.73. The molecule has 2 fully saturated rings. The van der Waals surface area contributed by atoms with Crippen LogP contribution in [0.3, 0.4) is 0 Å². The maximum atomic E-state index is 5.97. The molecule has 1 aromatic heterocycles. The molecule has 1 spiro atoms. The highest BCUT2D eigenvalue weighted by atomic mass is 16.5. The van der Waals surface area contributed by atoms with Crippen molar-refractivity contribution < 1.29 is 4.74 Å². The number of methoxy groups -OCH3 is 1. The van der Waals surface area contributed by atoms with Crippen molar-refractivity contribution in [2.75, 3.05) is 25.9 Å². The molecule has 0 amide bonds. The molecule has 2 N–H and O–H groups in total. The van der Waals surface area contributed by atoms with Crippen molar-refractivity contribution in [3.8, 4) is 0 Å². The molecule has 1 aromatic rings. The fraction of sp³-hybridized carbons (Fsp3) is 0.688.